The molecule has 0 aliphatic heterocycles. The second-order valence-electron chi connectivity index (χ2n) is 7.66. The summed E-state index contributed by atoms with van der Waals surface area (Å²) in [7, 11) is 0. The monoisotopic (exact) mass is 669 g/mol. The van der Waals surface area contributed by atoms with Gasteiger partial charge in [0.15, 0.2) is 0 Å². The Hall–Kier alpha value is -4.92. The fourth-order valence-corrected chi connectivity index (χ4v) is 3.45. The van der Waals surface area contributed by atoms with E-state index in [1.807, 2.05) is 66.9 Å². The van der Waals surface area contributed by atoms with Crippen molar-refractivity contribution in [1.82, 2.24) is 9.97 Å². The number of nitrogens with zero attached hydrogens (tertiary/aromatic N) is 5. The van der Waals surface area contributed by atoms with Crippen molar-refractivity contribution in [2.75, 3.05) is 0 Å². The summed E-state index contributed by atoms with van der Waals surface area (Å²) in [6.07, 6.45) is 3.11. The van der Waals surface area contributed by atoms with Gasteiger partial charge in [-0.25, -0.2) is 10.5 Å². The Morgan fingerprint density at radius 1 is 0.842 bits per heavy atom. The van der Waals surface area contributed by atoms with Gasteiger partial charge in [0.25, 0.3) is 0 Å². The van der Waals surface area contributed by atoms with Crippen molar-refractivity contribution in [3.63, 3.8) is 0 Å². The van der Waals surface area contributed by atoms with Crippen LogP contribution in [0.4, 0.5) is 5.69 Å². The number of rotatable bonds is 3. The van der Waals surface area contributed by atoms with Gasteiger partial charge in [-0.3, -0.25) is 4.85 Å². The van der Waals surface area contributed by atoms with E-state index in [1.165, 1.54) is 30.0 Å². The summed E-state index contributed by atoms with van der Waals surface area (Å²) in [5.41, 5.74) is 5.18. The van der Waals surface area contributed by atoms with Gasteiger partial charge in [-0.1, -0.05) is 54.6 Å². The van der Waals surface area contributed by atoms with Gasteiger partial charge in [0.1, 0.15) is 5.69 Å². The molecule has 2 heterocycles. The normalized spacial score (nSPS) is 10.9. The summed E-state index contributed by atoms with van der Waals surface area (Å²) in [5, 5.41) is 18.1. The molecular formula is C32H19IrN5-2. The Kier molecular flexibility index (Phi) is 8.28. The minimum atomic E-state index is -2.26. The molecule has 0 aliphatic carbocycles. The van der Waals surface area contributed by atoms with Crippen LogP contribution in [0.3, 0.4) is 0 Å². The molecule has 3 aromatic carbocycles. The molecule has 5 aromatic rings. The van der Waals surface area contributed by atoms with E-state index in [4.69, 9.17) is 15.9 Å². The van der Waals surface area contributed by atoms with Gasteiger partial charge in [0.2, 0.25) is 0 Å². The van der Waals surface area contributed by atoms with Crippen LogP contribution in [0.2, 0.25) is 0 Å². The Morgan fingerprint density at radius 2 is 1.58 bits per heavy atom. The van der Waals surface area contributed by atoms with Gasteiger partial charge < -0.3 is 9.97 Å². The third-order valence-corrected chi connectivity index (χ3v) is 5.28. The average molecular weight is 669 g/mol. The van der Waals surface area contributed by atoms with Crippen LogP contribution in [0.5, 0.6) is 0 Å². The molecule has 0 fully saturated rings. The number of aromatic nitrogens is 2. The van der Waals surface area contributed by atoms with Crippen molar-refractivity contribution in [2.45, 2.75) is 6.85 Å². The second-order valence-corrected chi connectivity index (χ2v) is 7.66. The molecule has 5 nitrogen and oxygen atoms in total. The average Bonchev–Trinajstić information content (AvgIpc) is 3.01. The van der Waals surface area contributed by atoms with Gasteiger partial charge in [0, 0.05) is 48.7 Å². The molecular weight excluding hydrogens is 647 g/mol. The van der Waals surface area contributed by atoms with Crippen molar-refractivity contribution in [1.29, 1.82) is 10.5 Å². The molecule has 183 valence electrons. The Morgan fingerprint density at radius 3 is 2.16 bits per heavy atom. The molecule has 5 rings (SSSR count). The number of benzene rings is 3. The summed E-state index contributed by atoms with van der Waals surface area (Å²) >= 11 is 0. The Balaban J connectivity index is 0.000000224. The predicted octanol–water partition coefficient (Wildman–Crippen LogP) is 7.36. The van der Waals surface area contributed by atoms with Crippen molar-refractivity contribution in [2.24, 2.45) is 0 Å². The maximum Gasteiger partial charge on any atom is 0.123 e. The minimum Gasteiger partial charge on any atom is -0.304 e. The number of nitriles is 2. The Bertz CT molecular complexity index is 1680. The van der Waals surface area contributed by atoms with Gasteiger partial charge in [0.05, 0.1) is 6.57 Å². The van der Waals surface area contributed by atoms with Crippen LogP contribution in [-0.4, -0.2) is 9.97 Å². The minimum absolute atomic E-state index is 0. The van der Waals surface area contributed by atoms with Gasteiger partial charge in [-0.05, 0) is 46.1 Å². The molecule has 1 radical (unpaired) electrons. The van der Waals surface area contributed by atoms with Gasteiger partial charge in [-0.2, -0.15) is 0 Å². The van der Waals surface area contributed by atoms with E-state index in [1.54, 1.807) is 0 Å². The first-order valence-corrected chi connectivity index (χ1v) is 11.1. The fraction of sp³-hybridized carbons (Fsp3) is 0.0312. The number of hydrogen-bond acceptors (Lipinski definition) is 4. The Labute approximate surface area is 240 Å². The standard InChI is InChI=1S/C17H12N.C15H7N4.Ir/c1-3-7-14(8-4-1)16-11-12-17(18-13-16)15-9-5-2-6-10-15;1-10-3-4-14(19-9-10)13-6-15(18-2)12(8-17)5-11(13)7-16;/h1-9,11-13H;3-5,9H,1H3;/q2*-1;/i;1D3;. The van der Waals surface area contributed by atoms with E-state index in [9.17, 15) is 5.26 Å². The topological polar surface area (TPSA) is 77.7 Å². The molecule has 0 amide bonds. The molecule has 0 spiro atoms. The van der Waals surface area contributed by atoms with Crippen LogP contribution in [-0.2, 0) is 20.1 Å². The summed E-state index contributed by atoms with van der Waals surface area (Å²) in [5.74, 6) is 0. The summed E-state index contributed by atoms with van der Waals surface area (Å²) in [6.45, 7) is 4.79. The molecule has 2 aromatic heterocycles. The molecule has 0 N–H and O–H groups in total. The van der Waals surface area contributed by atoms with E-state index >= 15 is 0 Å². The van der Waals surface area contributed by atoms with Crippen molar-refractivity contribution in [3.05, 3.63) is 138 Å². The summed E-state index contributed by atoms with van der Waals surface area (Å²) in [4.78, 5) is 11.7. The molecule has 0 unspecified atom stereocenters. The first-order chi connectivity index (χ1) is 19.3. The number of hydrogen-bond donors (Lipinski definition) is 0. The smallest absolute Gasteiger partial charge is 0.123 e. The summed E-state index contributed by atoms with van der Waals surface area (Å²) < 4.78 is 21.9. The zero-order chi connectivity index (χ0) is 28.5. The maximum atomic E-state index is 9.17. The zero-order valence-corrected chi connectivity index (χ0v) is 22.2. The molecule has 6 heteroatoms. The molecule has 0 aliphatic rings. The quantitative estimate of drug-likeness (QED) is 0.188. The van der Waals surface area contributed by atoms with Crippen LogP contribution in [0.15, 0.2) is 97.3 Å². The van der Waals surface area contributed by atoms with Crippen LogP contribution < -0.4 is 0 Å². The van der Waals surface area contributed by atoms with Gasteiger partial charge >= 0.3 is 0 Å². The predicted molar refractivity (Wildman–Crippen MR) is 143 cm³/mol. The van der Waals surface area contributed by atoms with Crippen LogP contribution in [0.25, 0.3) is 38.5 Å². The molecule has 0 atom stereocenters. The fourth-order valence-electron chi connectivity index (χ4n) is 3.45. The van der Waals surface area contributed by atoms with Crippen LogP contribution in [0, 0.1) is 48.2 Å². The third-order valence-electron chi connectivity index (χ3n) is 5.28. The third kappa shape index (κ3) is 6.64. The van der Waals surface area contributed by atoms with E-state index in [-0.39, 0.29) is 48.0 Å². The second kappa shape index (κ2) is 13.4. The van der Waals surface area contributed by atoms with Gasteiger partial charge in [-0.15, -0.1) is 53.6 Å². The van der Waals surface area contributed by atoms with E-state index in [0.717, 1.165) is 16.8 Å². The van der Waals surface area contributed by atoms with Crippen LogP contribution in [0.1, 0.15) is 20.8 Å². The first-order valence-electron chi connectivity index (χ1n) is 12.6. The first kappa shape index (κ1) is 23.5. The molecule has 0 bridgehead atoms. The SMILES string of the molecule is [2H]C([2H])([2H])c1ccc(-c2[c-]c([N+]#[C-])c(C#N)cc2C#N)nc1.[Ir].[c-]1ccccc1-c1ccc(-c2ccccc2)cn1. The number of aryl methyl sites for hydroxylation is 1. The van der Waals surface area contributed by atoms with Crippen molar-refractivity contribution < 1.29 is 24.2 Å². The molecule has 0 saturated heterocycles. The largest absolute Gasteiger partial charge is 0.304 e. The van der Waals surface area contributed by atoms with E-state index in [0.29, 0.717) is 5.69 Å². The maximum absolute atomic E-state index is 9.17. The molecule has 38 heavy (non-hydrogen) atoms. The number of pyridine rings is 2. The van der Waals surface area contributed by atoms with Crippen molar-refractivity contribution in [3.8, 4) is 45.8 Å². The van der Waals surface area contributed by atoms with E-state index < -0.39 is 6.85 Å². The summed E-state index contributed by atoms with van der Waals surface area (Å²) in [6, 6.07) is 36.1. The van der Waals surface area contributed by atoms with E-state index in [2.05, 4.69) is 45.1 Å². The zero-order valence-electron chi connectivity index (χ0n) is 22.8. The van der Waals surface area contributed by atoms with Crippen LogP contribution >= 0.6 is 0 Å². The molecule has 0 saturated carbocycles. The van der Waals surface area contributed by atoms with Crippen molar-refractivity contribution >= 4 is 5.69 Å².